The molecule has 1 aromatic carbocycles. The Kier molecular flexibility index (Phi) is 7.00. The number of aromatic nitrogens is 3. The van der Waals surface area contributed by atoms with Crippen LogP contribution < -0.4 is 9.64 Å². The fraction of sp³-hybridized carbons (Fsp3) is 0.400. The monoisotopic (exact) mass is 487 g/mol. The first-order valence-corrected chi connectivity index (χ1v) is 11.5. The van der Waals surface area contributed by atoms with Crippen molar-refractivity contribution >= 4 is 11.6 Å². The van der Waals surface area contributed by atoms with Crippen LogP contribution >= 0.6 is 0 Å². The maximum Gasteiger partial charge on any atom is 0.417 e. The van der Waals surface area contributed by atoms with E-state index in [9.17, 15) is 18.0 Å². The molecular formula is C25H28F3N5O2. The molecule has 10 heteroatoms. The molecule has 0 bridgehead atoms. The fourth-order valence-electron chi connectivity index (χ4n) is 4.28. The van der Waals surface area contributed by atoms with Crippen molar-refractivity contribution in [2.24, 2.45) is 0 Å². The van der Waals surface area contributed by atoms with Gasteiger partial charge in [-0.3, -0.25) is 4.79 Å². The molecule has 0 saturated carbocycles. The van der Waals surface area contributed by atoms with Gasteiger partial charge in [0.25, 0.3) is 5.91 Å². The zero-order valence-electron chi connectivity index (χ0n) is 19.9. The molecule has 4 rings (SSSR count). The third-order valence-corrected chi connectivity index (χ3v) is 6.10. The van der Waals surface area contributed by atoms with Crippen molar-refractivity contribution in [2.45, 2.75) is 32.4 Å². The van der Waals surface area contributed by atoms with E-state index in [-0.39, 0.29) is 17.6 Å². The average Bonchev–Trinajstić information content (AvgIpc) is 3.15. The Balaban J connectivity index is 1.53. The van der Waals surface area contributed by atoms with E-state index in [0.29, 0.717) is 30.9 Å². The number of carbonyl (C=O) groups excluding carboxylic acids is 1. The molecule has 1 fully saturated rings. The summed E-state index contributed by atoms with van der Waals surface area (Å²) in [6.07, 6.45) is -1.39. The maximum absolute atomic E-state index is 13.5. The quantitative estimate of drug-likeness (QED) is 0.519. The highest BCUT2D eigenvalue weighted by Gasteiger charge is 2.31. The van der Waals surface area contributed by atoms with E-state index >= 15 is 0 Å². The Labute approximate surface area is 202 Å². The second-order valence-electron chi connectivity index (χ2n) is 8.74. The highest BCUT2D eigenvalue weighted by atomic mass is 19.4. The topological polar surface area (TPSA) is 63.5 Å². The summed E-state index contributed by atoms with van der Waals surface area (Å²) in [6.45, 7) is 6.49. The number of carbonyl (C=O) groups is 1. The largest absolute Gasteiger partial charge is 0.497 e. The van der Waals surface area contributed by atoms with Crippen LogP contribution in [0.4, 0.5) is 18.9 Å². The van der Waals surface area contributed by atoms with Crippen molar-refractivity contribution in [3.05, 3.63) is 65.6 Å². The molecule has 1 aliphatic rings. The number of pyridine rings is 1. The number of rotatable bonds is 5. The van der Waals surface area contributed by atoms with Crippen LogP contribution in [-0.4, -0.2) is 58.9 Å². The summed E-state index contributed by atoms with van der Waals surface area (Å²) >= 11 is 0. The second-order valence-corrected chi connectivity index (χ2v) is 8.74. The molecule has 0 unspecified atom stereocenters. The number of alkyl halides is 3. The summed E-state index contributed by atoms with van der Waals surface area (Å²) < 4.78 is 45.5. The molecule has 3 aromatic rings. The van der Waals surface area contributed by atoms with Gasteiger partial charge in [0.1, 0.15) is 5.75 Å². The van der Waals surface area contributed by atoms with E-state index in [4.69, 9.17) is 4.74 Å². The van der Waals surface area contributed by atoms with E-state index in [0.717, 1.165) is 36.7 Å². The maximum atomic E-state index is 13.5. The first-order valence-electron chi connectivity index (χ1n) is 11.5. The number of halogens is 3. The lowest BCUT2D eigenvalue weighted by Crippen LogP contribution is -2.35. The van der Waals surface area contributed by atoms with Crippen molar-refractivity contribution in [1.82, 2.24) is 19.7 Å². The molecule has 0 atom stereocenters. The SMILES string of the molecule is COc1ccc(N2CCCN(C(=O)c3cnn(-c4ccc(C(F)(F)F)cn4)c3C(C)C)CC2)cc1. The van der Waals surface area contributed by atoms with Gasteiger partial charge in [0.05, 0.1) is 30.1 Å². The third-order valence-electron chi connectivity index (χ3n) is 6.10. The van der Waals surface area contributed by atoms with Gasteiger partial charge in [-0.1, -0.05) is 13.8 Å². The number of anilines is 1. The average molecular weight is 488 g/mol. The van der Waals surface area contributed by atoms with Gasteiger partial charge in [0.15, 0.2) is 5.82 Å². The zero-order valence-corrected chi connectivity index (χ0v) is 19.9. The number of ether oxygens (including phenoxy) is 1. The van der Waals surface area contributed by atoms with Crippen molar-refractivity contribution in [3.63, 3.8) is 0 Å². The van der Waals surface area contributed by atoms with Crippen LogP contribution in [0.2, 0.25) is 0 Å². The van der Waals surface area contributed by atoms with Gasteiger partial charge in [-0.25, -0.2) is 9.67 Å². The van der Waals surface area contributed by atoms with Crippen LogP contribution in [-0.2, 0) is 6.18 Å². The number of amides is 1. The van der Waals surface area contributed by atoms with Crippen LogP contribution in [0.3, 0.4) is 0 Å². The Morgan fingerprint density at radius 1 is 1.00 bits per heavy atom. The number of hydrogen-bond donors (Lipinski definition) is 0. The lowest BCUT2D eigenvalue weighted by atomic mass is 10.0. The van der Waals surface area contributed by atoms with E-state index < -0.39 is 11.7 Å². The van der Waals surface area contributed by atoms with Gasteiger partial charge < -0.3 is 14.5 Å². The number of hydrogen-bond acceptors (Lipinski definition) is 5. The molecule has 2 aromatic heterocycles. The molecule has 1 aliphatic heterocycles. The van der Waals surface area contributed by atoms with Gasteiger partial charge >= 0.3 is 6.18 Å². The van der Waals surface area contributed by atoms with Crippen LogP contribution in [0.5, 0.6) is 5.75 Å². The fourth-order valence-corrected chi connectivity index (χ4v) is 4.28. The molecule has 0 radical (unpaired) electrons. The Morgan fingerprint density at radius 2 is 1.74 bits per heavy atom. The second kappa shape index (κ2) is 9.97. The third kappa shape index (κ3) is 5.26. The van der Waals surface area contributed by atoms with E-state index in [2.05, 4.69) is 15.0 Å². The van der Waals surface area contributed by atoms with Crippen molar-refractivity contribution < 1.29 is 22.7 Å². The summed E-state index contributed by atoms with van der Waals surface area (Å²) in [5, 5.41) is 4.32. The predicted octanol–water partition coefficient (Wildman–Crippen LogP) is 4.77. The number of methoxy groups -OCH3 is 1. The molecular weight excluding hydrogens is 459 g/mol. The minimum Gasteiger partial charge on any atom is -0.497 e. The normalized spacial score (nSPS) is 14.8. The minimum atomic E-state index is -4.47. The first-order chi connectivity index (χ1) is 16.7. The van der Waals surface area contributed by atoms with Gasteiger partial charge in [0.2, 0.25) is 0 Å². The molecule has 35 heavy (non-hydrogen) atoms. The van der Waals surface area contributed by atoms with Crippen molar-refractivity contribution in [2.75, 3.05) is 38.2 Å². The summed E-state index contributed by atoms with van der Waals surface area (Å²) in [4.78, 5) is 21.5. The molecule has 3 heterocycles. The minimum absolute atomic E-state index is 0.0941. The molecule has 7 nitrogen and oxygen atoms in total. The highest BCUT2D eigenvalue weighted by Crippen LogP contribution is 2.30. The number of benzene rings is 1. The van der Waals surface area contributed by atoms with Crippen LogP contribution in [0.15, 0.2) is 48.8 Å². The summed E-state index contributed by atoms with van der Waals surface area (Å²) in [7, 11) is 1.63. The zero-order chi connectivity index (χ0) is 25.2. The predicted molar refractivity (Wildman–Crippen MR) is 126 cm³/mol. The van der Waals surface area contributed by atoms with E-state index in [1.807, 2.05) is 43.0 Å². The van der Waals surface area contributed by atoms with Crippen LogP contribution in [0.1, 0.15) is 47.8 Å². The lowest BCUT2D eigenvalue weighted by molar-refractivity contribution is -0.137. The lowest BCUT2D eigenvalue weighted by Gasteiger charge is -2.24. The number of nitrogens with zero attached hydrogens (tertiary/aromatic N) is 5. The molecule has 1 amide bonds. The van der Waals surface area contributed by atoms with Gasteiger partial charge in [-0.2, -0.15) is 18.3 Å². The van der Waals surface area contributed by atoms with Crippen molar-refractivity contribution in [3.8, 4) is 11.6 Å². The molecule has 186 valence electrons. The van der Waals surface area contributed by atoms with Gasteiger partial charge in [-0.05, 0) is 48.7 Å². The smallest absolute Gasteiger partial charge is 0.417 e. The van der Waals surface area contributed by atoms with Gasteiger partial charge in [0, 0.05) is 38.1 Å². The van der Waals surface area contributed by atoms with Crippen LogP contribution in [0, 0.1) is 0 Å². The molecule has 0 aliphatic carbocycles. The Hall–Kier alpha value is -3.56. The van der Waals surface area contributed by atoms with E-state index in [1.54, 1.807) is 7.11 Å². The highest BCUT2D eigenvalue weighted by molar-refractivity contribution is 5.95. The van der Waals surface area contributed by atoms with Crippen LogP contribution in [0.25, 0.3) is 5.82 Å². The molecule has 0 N–H and O–H groups in total. The Morgan fingerprint density at radius 3 is 2.34 bits per heavy atom. The van der Waals surface area contributed by atoms with Gasteiger partial charge in [-0.15, -0.1) is 0 Å². The molecule has 1 saturated heterocycles. The summed E-state index contributed by atoms with van der Waals surface area (Å²) in [5.41, 5.74) is 1.31. The standard InChI is InChI=1S/C25H28F3N5O2/c1-17(2)23-21(16-30-33(23)22-10-5-18(15-29-22)25(26,27)28)24(34)32-12-4-11-31(13-14-32)19-6-8-20(35-3)9-7-19/h5-10,15-17H,4,11-14H2,1-3H3. The van der Waals surface area contributed by atoms with Crippen molar-refractivity contribution in [1.29, 1.82) is 0 Å². The summed E-state index contributed by atoms with van der Waals surface area (Å²) in [6, 6.07) is 10.1. The Bertz CT molecular complexity index is 1160. The van der Waals surface area contributed by atoms with E-state index in [1.165, 1.54) is 16.9 Å². The first kappa shape index (κ1) is 24.6. The summed E-state index contributed by atoms with van der Waals surface area (Å²) in [5.74, 6) is 0.801. The molecule has 0 spiro atoms.